The highest BCUT2D eigenvalue weighted by Crippen LogP contribution is 2.50. The van der Waals surface area contributed by atoms with Gasteiger partial charge in [0.05, 0.1) is 0 Å². The lowest BCUT2D eigenvalue weighted by atomic mass is 9.86. The predicted molar refractivity (Wildman–Crippen MR) is 234 cm³/mol. The maximum atomic E-state index is 12.4. The summed E-state index contributed by atoms with van der Waals surface area (Å²) < 4.78 is 24.0. The van der Waals surface area contributed by atoms with Gasteiger partial charge in [0, 0.05) is 36.1 Å². The van der Waals surface area contributed by atoms with Gasteiger partial charge in [0.2, 0.25) is 6.79 Å². The van der Waals surface area contributed by atoms with Crippen LogP contribution in [0.5, 0.6) is 23.0 Å². The number of carbonyl (C=O) groups is 2. The Morgan fingerprint density at radius 2 is 0.864 bits per heavy atom. The highest BCUT2D eigenvalue weighted by molar-refractivity contribution is 6.11. The second-order valence-corrected chi connectivity index (χ2v) is 14.3. The summed E-state index contributed by atoms with van der Waals surface area (Å²) in [5.74, 6) is 1.76. The van der Waals surface area contributed by atoms with Crippen molar-refractivity contribution in [2.24, 2.45) is 0 Å². The number of fused-ring (bicyclic) bond motifs is 7. The van der Waals surface area contributed by atoms with Gasteiger partial charge in [-0.3, -0.25) is 0 Å². The molecule has 0 aromatic heterocycles. The number of benzene rings is 8. The van der Waals surface area contributed by atoms with Crippen LogP contribution in [0.1, 0.15) is 33.4 Å². The van der Waals surface area contributed by atoms with Crippen LogP contribution in [0.2, 0.25) is 0 Å². The Hall–Kier alpha value is -7.70. The van der Waals surface area contributed by atoms with E-state index < -0.39 is 11.9 Å². The maximum absolute atomic E-state index is 12.4. The van der Waals surface area contributed by atoms with Gasteiger partial charge in [-0.25, -0.2) is 9.59 Å². The zero-order chi connectivity index (χ0) is 40.0. The lowest BCUT2D eigenvalue weighted by molar-refractivity contribution is -0.129. The van der Waals surface area contributed by atoms with Gasteiger partial charge in [-0.1, -0.05) is 133 Å². The minimum Gasteiger partial charge on any atom is -0.457 e. The highest BCUT2D eigenvalue weighted by Gasteiger charge is 2.27. The van der Waals surface area contributed by atoms with E-state index in [-0.39, 0.29) is 6.79 Å². The molecule has 0 fully saturated rings. The Morgan fingerprint density at radius 1 is 0.475 bits per heavy atom. The first kappa shape index (κ1) is 36.9. The SMILES string of the molecule is O=C(/C=C\c1ccc(Cc2cc3ccccc3c3c2OCOc2c(Cc4ccc(/C=C\C(=O)Oc5ccccc5)cc4)cc4ccccc4c2-3)cc1)Oc1ccccc1. The van der Waals surface area contributed by atoms with E-state index in [0.717, 1.165) is 77.6 Å². The van der Waals surface area contributed by atoms with E-state index in [4.69, 9.17) is 18.9 Å². The molecule has 0 spiro atoms. The Bertz CT molecular complexity index is 2660. The molecule has 0 N–H and O–H groups in total. The van der Waals surface area contributed by atoms with Gasteiger partial charge in [0.15, 0.2) is 0 Å². The second-order valence-electron chi connectivity index (χ2n) is 14.3. The van der Waals surface area contributed by atoms with Crippen molar-refractivity contribution in [1.82, 2.24) is 0 Å². The lowest BCUT2D eigenvalue weighted by Crippen LogP contribution is -2.07. The average Bonchev–Trinajstić information content (AvgIpc) is 3.48. The third-order valence-corrected chi connectivity index (χ3v) is 10.3. The number of para-hydroxylation sites is 2. The van der Waals surface area contributed by atoms with E-state index >= 15 is 0 Å². The van der Waals surface area contributed by atoms with Crippen molar-refractivity contribution in [2.75, 3.05) is 6.79 Å². The first-order chi connectivity index (χ1) is 29.0. The summed E-state index contributed by atoms with van der Waals surface area (Å²) in [6, 6.07) is 55.7. The van der Waals surface area contributed by atoms with Crippen LogP contribution < -0.4 is 18.9 Å². The lowest BCUT2D eigenvalue weighted by Gasteiger charge is -2.19. The van der Waals surface area contributed by atoms with Crippen molar-refractivity contribution in [1.29, 1.82) is 0 Å². The van der Waals surface area contributed by atoms with E-state index in [1.54, 1.807) is 36.4 Å². The molecule has 0 radical (unpaired) electrons. The minimum absolute atomic E-state index is 0.0578. The molecule has 9 rings (SSSR count). The fraction of sp³-hybridized carbons (Fsp3) is 0.0566. The predicted octanol–water partition coefficient (Wildman–Crippen LogP) is 11.8. The number of hydrogen-bond acceptors (Lipinski definition) is 6. The summed E-state index contributed by atoms with van der Waals surface area (Å²) in [5.41, 5.74) is 8.12. The number of ether oxygens (including phenoxy) is 4. The molecule has 8 aromatic rings. The van der Waals surface area contributed by atoms with Crippen molar-refractivity contribution in [3.05, 3.63) is 215 Å². The van der Waals surface area contributed by atoms with Crippen LogP contribution in [0.15, 0.2) is 182 Å². The smallest absolute Gasteiger partial charge is 0.336 e. The Balaban J connectivity index is 1.02. The summed E-state index contributed by atoms with van der Waals surface area (Å²) in [6.07, 6.45) is 7.66. The second kappa shape index (κ2) is 16.8. The molecule has 0 unspecified atom stereocenters. The molecule has 8 aromatic carbocycles. The van der Waals surface area contributed by atoms with Gasteiger partial charge in [0.1, 0.15) is 23.0 Å². The van der Waals surface area contributed by atoms with Gasteiger partial charge < -0.3 is 18.9 Å². The normalized spacial score (nSPS) is 12.1. The molecule has 6 heteroatoms. The van der Waals surface area contributed by atoms with Crippen LogP contribution in [0.4, 0.5) is 0 Å². The van der Waals surface area contributed by atoms with Crippen molar-refractivity contribution in [3.63, 3.8) is 0 Å². The average molecular weight is 771 g/mol. The molecular formula is C53H38O6. The van der Waals surface area contributed by atoms with Crippen molar-refractivity contribution in [3.8, 4) is 34.1 Å². The van der Waals surface area contributed by atoms with Crippen LogP contribution >= 0.6 is 0 Å². The van der Waals surface area contributed by atoms with E-state index in [1.807, 2.05) is 60.7 Å². The quantitative estimate of drug-likeness (QED) is 0.0783. The molecule has 0 saturated carbocycles. The molecule has 59 heavy (non-hydrogen) atoms. The first-order valence-electron chi connectivity index (χ1n) is 19.5. The molecule has 0 bridgehead atoms. The van der Waals surface area contributed by atoms with E-state index in [0.29, 0.717) is 24.3 Å². The van der Waals surface area contributed by atoms with E-state index in [1.165, 1.54) is 12.2 Å². The third-order valence-electron chi connectivity index (χ3n) is 10.3. The van der Waals surface area contributed by atoms with Crippen molar-refractivity contribution < 1.29 is 28.5 Å². The Kier molecular flexibility index (Phi) is 10.5. The number of carbonyl (C=O) groups excluding carboxylic acids is 2. The summed E-state index contributed by atoms with van der Waals surface area (Å²) >= 11 is 0. The Morgan fingerprint density at radius 3 is 1.29 bits per heavy atom. The van der Waals surface area contributed by atoms with Gasteiger partial charge in [-0.2, -0.15) is 0 Å². The van der Waals surface area contributed by atoms with Gasteiger partial charge >= 0.3 is 11.9 Å². The highest BCUT2D eigenvalue weighted by atomic mass is 16.7. The van der Waals surface area contributed by atoms with Gasteiger partial charge in [0.25, 0.3) is 0 Å². The third kappa shape index (κ3) is 8.38. The summed E-state index contributed by atoms with van der Waals surface area (Å²) in [6.45, 7) is 0.0578. The molecule has 0 aliphatic carbocycles. The summed E-state index contributed by atoms with van der Waals surface area (Å²) in [4.78, 5) is 24.8. The standard InChI is InChI=1S/C53H38O6/c54-48(58-44-13-3-1-4-14-44)29-27-36-19-23-38(24-20-36)31-42-33-40-11-7-9-17-46(40)50-51-47-18-10-8-12-41(47)34-43(53(51)57-35-56-52(42)50)32-39-25-21-37(22-26-39)28-30-49(55)59-45-15-5-2-6-16-45/h1-30,33-34H,31-32,35H2/b29-27-,30-28-. The first-order valence-corrected chi connectivity index (χ1v) is 19.5. The minimum atomic E-state index is -0.430. The molecule has 6 nitrogen and oxygen atoms in total. The van der Waals surface area contributed by atoms with E-state index in [9.17, 15) is 9.59 Å². The van der Waals surface area contributed by atoms with Gasteiger partial charge in [-0.15, -0.1) is 0 Å². The zero-order valence-electron chi connectivity index (χ0n) is 32.0. The molecule has 0 atom stereocenters. The van der Waals surface area contributed by atoms with Crippen LogP contribution in [-0.4, -0.2) is 18.7 Å². The zero-order valence-corrected chi connectivity index (χ0v) is 32.0. The number of esters is 2. The molecule has 1 heterocycles. The van der Waals surface area contributed by atoms with Crippen LogP contribution in [0.25, 0.3) is 44.8 Å². The topological polar surface area (TPSA) is 71.1 Å². The Labute approximate surface area is 342 Å². The molecule has 0 amide bonds. The largest absolute Gasteiger partial charge is 0.457 e. The van der Waals surface area contributed by atoms with Crippen LogP contribution in [0, 0.1) is 0 Å². The number of rotatable bonds is 10. The van der Waals surface area contributed by atoms with Crippen molar-refractivity contribution >= 4 is 45.6 Å². The number of hydrogen-bond donors (Lipinski definition) is 0. The van der Waals surface area contributed by atoms with Crippen LogP contribution in [0.3, 0.4) is 0 Å². The van der Waals surface area contributed by atoms with Crippen molar-refractivity contribution in [2.45, 2.75) is 12.8 Å². The fourth-order valence-electron chi connectivity index (χ4n) is 7.55. The maximum Gasteiger partial charge on any atom is 0.336 e. The summed E-state index contributed by atoms with van der Waals surface area (Å²) in [7, 11) is 0. The molecule has 1 aliphatic rings. The summed E-state index contributed by atoms with van der Waals surface area (Å²) in [5, 5.41) is 4.40. The fourth-order valence-corrected chi connectivity index (χ4v) is 7.55. The molecular weight excluding hydrogens is 733 g/mol. The monoisotopic (exact) mass is 770 g/mol. The van der Waals surface area contributed by atoms with Crippen LogP contribution in [-0.2, 0) is 22.4 Å². The molecule has 286 valence electrons. The van der Waals surface area contributed by atoms with Gasteiger partial charge in [-0.05, 0) is 103 Å². The van der Waals surface area contributed by atoms with E-state index in [2.05, 4.69) is 84.9 Å². The molecule has 0 saturated heterocycles. The molecule has 1 aliphatic heterocycles.